The maximum Gasteiger partial charge on any atom is 0.342 e. The van der Waals surface area contributed by atoms with Gasteiger partial charge in [0, 0.05) is 11.0 Å². The molecule has 9 heteroatoms. The molecule has 0 aliphatic carbocycles. The zero-order valence-electron chi connectivity index (χ0n) is 12.6. The Kier molecular flexibility index (Phi) is 5.55. The first-order valence-electron chi connectivity index (χ1n) is 6.78. The number of sulfonamides is 1. The maximum absolute atomic E-state index is 12.4. The number of aromatic amines is 1. The van der Waals surface area contributed by atoms with Gasteiger partial charge in [0.2, 0.25) is 5.03 Å². The van der Waals surface area contributed by atoms with E-state index in [9.17, 15) is 13.2 Å². The van der Waals surface area contributed by atoms with Crippen LogP contribution in [0.5, 0.6) is 0 Å². The lowest BCUT2D eigenvalue weighted by Gasteiger charge is -2.07. The summed E-state index contributed by atoms with van der Waals surface area (Å²) < 4.78 is 32.9. The highest BCUT2D eigenvalue weighted by Gasteiger charge is 2.29. The largest absolute Gasteiger partial charge is 0.465 e. The summed E-state index contributed by atoms with van der Waals surface area (Å²) in [5.41, 5.74) is 1.14. The van der Waals surface area contributed by atoms with Gasteiger partial charge in [0.05, 0.1) is 12.8 Å². The van der Waals surface area contributed by atoms with Crippen LogP contribution >= 0.6 is 15.9 Å². The highest BCUT2D eigenvalue weighted by Crippen LogP contribution is 2.19. The molecule has 0 aliphatic rings. The van der Waals surface area contributed by atoms with Gasteiger partial charge < -0.3 is 4.74 Å². The summed E-state index contributed by atoms with van der Waals surface area (Å²) in [6, 6.07) is 7.20. The summed E-state index contributed by atoms with van der Waals surface area (Å²) in [5, 5.41) is 6.00. The average Bonchev–Trinajstić information content (AvgIpc) is 2.98. The fraction of sp³-hybridized carbons (Fsp3) is 0.286. The number of carbonyl (C=O) groups is 1. The van der Waals surface area contributed by atoms with Crippen LogP contribution in [0.25, 0.3) is 0 Å². The van der Waals surface area contributed by atoms with E-state index in [1.54, 1.807) is 19.1 Å². The number of rotatable bonds is 6. The van der Waals surface area contributed by atoms with E-state index in [-0.39, 0.29) is 17.1 Å². The zero-order valence-corrected chi connectivity index (χ0v) is 15.0. The summed E-state index contributed by atoms with van der Waals surface area (Å²) in [4.78, 5) is 11.9. The van der Waals surface area contributed by atoms with Crippen LogP contribution in [0.15, 0.2) is 33.8 Å². The van der Waals surface area contributed by atoms with Crippen LogP contribution in [0.4, 0.5) is 0 Å². The van der Waals surface area contributed by atoms with Crippen LogP contribution in [0.3, 0.4) is 0 Å². The van der Waals surface area contributed by atoms with E-state index < -0.39 is 16.0 Å². The molecule has 1 aromatic carbocycles. The molecule has 0 fully saturated rings. The van der Waals surface area contributed by atoms with Crippen LogP contribution < -0.4 is 4.72 Å². The van der Waals surface area contributed by atoms with Crippen molar-refractivity contribution in [3.63, 3.8) is 0 Å². The Hall–Kier alpha value is -1.71. The molecule has 2 rings (SSSR count). The fourth-order valence-electron chi connectivity index (χ4n) is 1.97. The standard InChI is InChI=1S/C14H16BrN3O4S/c1-3-11-12(14(19)22-2)13(18-17-11)23(20,21)16-8-9-4-6-10(15)7-5-9/h4-7,16H,3,8H2,1-2H3,(H,17,18). The third-order valence-electron chi connectivity index (χ3n) is 3.19. The molecule has 0 bridgehead atoms. The maximum atomic E-state index is 12.4. The molecule has 0 radical (unpaired) electrons. The Morgan fingerprint density at radius 2 is 2.00 bits per heavy atom. The minimum Gasteiger partial charge on any atom is -0.465 e. The number of nitrogens with one attached hydrogen (secondary N) is 2. The average molecular weight is 402 g/mol. The number of nitrogens with zero attached hydrogens (tertiary/aromatic N) is 1. The van der Waals surface area contributed by atoms with E-state index in [0.29, 0.717) is 12.1 Å². The molecular formula is C14H16BrN3O4S. The van der Waals surface area contributed by atoms with Gasteiger partial charge in [-0.15, -0.1) is 0 Å². The molecule has 0 saturated heterocycles. The van der Waals surface area contributed by atoms with Crippen molar-refractivity contribution in [2.24, 2.45) is 0 Å². The minimum absolute atomic E-state index is 0.0571. The lowest BCUT2D eigenvalue weighted by molar-refractivity contribution is 0.0595. The van der Waals surface area contributed by atoms with Gasteiger partial charge in [-0.3, -0.25) is 5.10 Å². The number of carbonyl (C=O) groups excluding carboxylic acids is 1. The Labute approximate surface area is 142 Å². The van der Waals surface area contributed by atoms with Crippen LogP contribution in [-0.4, -0.2) is 31.7 Å². The van der Waals surface area contributed by atoms with Crippen LogP contribution in [0.1, 0.15) is 28.5 Å². The Morgan fingerprint density at radius 3 is 2.57 bits per heavy atom. The number of esters is 1. The Bertz CT molecular complexity index is 800. The summed E-state index contributed by atoms with van der Waals surface area (Å²) in [7, 11) is -2.75. The molecular weight excluding hydrogens is 386 g/mol. The monoisotopic (exact) mass is 401 g/mol. The molecule has 1 heterocycles. The first-order chi connectivity index (χ1) is 10.9. The van der Waals surface area contributed by atoms with Crippen molar-refractivity contribution in [1.82, 2.24) is 14.9 Å². The van der Waals surface area contributed by atoms with Crippen molar-refractivity contribution in [2.75, 3.05) is 7.11 Å². The van der Waals surface area contributed by atoms with Gasteiger partial charge in [-0.1, -0.05) is 35.0 Å². The lowest BCUT2D eigenvalue weighted by Crippen LogP contribution is -2.25. The number of ether oxygens (including phenoxy) is 1. The zero-order chi connectivity index (χ0) is 17.0. The van der Waals surface area contributed by atoms with E-state index in [0.717, 1.165) is 10.0 Å². The smallest absolute Gasteiger partial charge is 0.342 e. The number of halogens is 1. The van der Waals surface area contributed by atoms with Crippen LogP contribution in [0, 0.1) is 0 Å². The van der Waals surface area contributed by atoms with Gasteiger partial charge >= 0.3 is 5.97 Å². The van der Waals surface area contributed by atoms with Crippen molar-refractivity contribution in [3.05, 3.63) is 45.6 Å². The highest BCUT2D eigenvalue weighted by molar-refractivity contribution is 9.10. The summed E-state index contributed by atoms with van der Waals surface area (Å²) in [6.45, 7) is 1.87. The highest BCUT2D eigenvalue weighted by atomic mass is 79.9. The molecule has 0 saturated carbocycles. The number of hydrogen-bond donors (Lipinski definition) is 2. The van der Waals surface area contributed by atoms with Crippen molar-refractivity contribution >= 4 is 31.9 Å². The molecule has 2 aromatic rings. The second-order valence-corrected chi connectivity index (χ2v) is 7.28. The third kappa shape index (κ3) is 3.98. The SMILES string of the molecule is CCc1[nH]nc(S(=O)(=O)NCc2ccc(Br)cc2)c1C(=O)OC. The number of aromatic nitrogens is 2. The molecule has 1 aromatic heterocycles. The first kappa shape index (κ1) is 17.6. The van der Waals surface area contributed by atoms with E-state index >= 15 is 0 Å². The molecule has 0 atom stereocenters. The normalized spacial score (nSPS) is 11.4. The number of H-pyrrole nitrogens is 1. The van der Waals surface area contributed by atoms with E-state index in [4.69, 9.17) is 0 Å². The van der Waals surface area contributed by atoms with Crippen LogP contribution in [-0.2, 0) is 27.7 Å². The molecule has 0 spiro atoms. The predicted molar refractivity (Wildman–Crippen MR) is 87.5 cm³/mol. The topological polar surface area (TPSA) is 101 Å². The minimum atomic E-state index is -3.95. The van der Waals surface area contributed by atoms with Gasteiger partial charge in [0.25, 0.3) is 10.0 Å². The molecule has 0 unspecified atom stereocenters. The fourth-order valence-corrected chi connectivity index (χ4v) is 3.37. The number of hydrogen-bond acceptors (Lipinski definition) is 5. The van der Waals surface area contributed by atoms with E-state index in [1.165, 1.54) is 7.11 Å². The van der Waals surface area contributed by atoms with Crippen molar-refractivity contribution in [1.29, 1.82) is 0 Å². The van der Waals surface area contributed by atoms with Gasteiger partial charge in [-0.25, -0.2) is 17.9 Å². The van der Waals surface area contributed by atoms with E-state index in [2.05, 4.69) is 35.6 Å². The third-order valence-corrected chi connectivity index (χ3v) is 5.04. The quantitative estimate of drug-likeness (QED) is 0.720. The van der Waals surface area contributed by atoms with Crippen molar-refractivity contribution < 1.29 is 17.9 Å². The van der Waals surface area contributed by atoms with E-state index in [1.807, 2.05) is 12.1 Å². The Balaban J connectivity index is 2.27. The second-order valence-electron chi connectivity index (χ2n) is 4.68. The number of benzene rings is 1. The number of aryl methyl sites for hydroxylation is 1. The molecule has 0 aliphatic heterocycles. The molecule has 124 valence electrons. The van der Waals surface area contributed by atoms with Crippen molar-refractivity contribution in [3.8, 4) is 0 Å². The van der Waals surface area contributed by atoms with Gasteiger partial charge in [-0.2, -0.15) is 5.10 Å². The second kappa shape index (κ2) is 7.24. The lowest BCUT2D eigenvalue weighted by atomic mass is 10.2. The first-order valence-corrected chi connectivity index (χ1v) is 9.06. The number of methoxy groups -OCH3 is 1. The van der Waals surface area contributed by atoms with Gasteiger partial charge in [0.1, 0.15) is 5.56 Å². The van der Waals surface area contributed by atoms with Crippen LogP contribution in [0.2, 0.25) is 0 Å². The summed E-state index contributed by atoms with van der Waals surface area (Å²) >= 11 is 3.31. The molecule has 2 N–H and O–H groups in total. The molecule has 7 nitrogen and oxygen atoms in total. The van der Waals surface area contributed by atoms with Crippen molar-refractivity contribution in [2.45, 2.75) is 24.9 Å². The van der Waals surface area contributed by atoms with Gasteiger partial charge in [-0.05, 0) is 24.1 Å². The predicted octanol–water partition coefficient (Wildman–Crippen LogP) is 2.00. The Morgan fingerprint density at radius 1 is 1.35 bits per heavy atom. The summed E-state index contributed by atoms with van der Waals surface area (Å²) in [5.74, 6) is -0.736. The molecule has 23 heavy (non-hydrogen) atoms. The van der Waals surface area contributed by atoms with Gasteiger partial charge in [0.15, 0.2) is 0 Å². The molecule has 0 amide bonds. The summed E-state index contributed by atoms with van der Waals surface area (Å²) in [6.07, 6.45) is 0.430.